The van der Waals surface area contributed by atoms with Crippen molar-refractivity contribution >= 4 is 32.7 Å². The summed E-state index contributed by atoms with van der Waals surface area (Å²) in [6, 6.07) is 18.5. The summed E-state index contributed by atoms with van der Waals surface area (Å²) in [6.45, 7) is 1.86. The van der Waals surface area contributed by atoms with Crippen LogP contribution >= 0.6 is 0 Å². The molecule has 3 aromatic heterocycles. The van der Waals surface area contributed by atoms with Gasteiger partial charge in [0.05, 0.1) is 10.6 Å². The summed E-state index contributed by atoms with van der Waals surface area (Å²) in [6.07, 6.45) is 4.70. The lowest BCUT2D eigenvalue weighted by Crippen LogP contribution is -2.12. The smallest absolute Gasteiger partial charge is 0.269 e. The minimum Gasteiger partial charge on any atom is -0.508 e. The summed E-state index contributed by atoms with van der Waals surface area (Å²) in [5, 5.41) is 13.4. The van der Waals surface area contributed by atoms with Crippen molar-refractivity contribution in [2.24, 2.45) is 0 Å². The Balaban J connectivity index is 1.61. The first-order chi connectivity index (χ1) is 15.9. The second kappa shape index (κ2) is 8.03. The van der Waals surface area contributed by atoms with Crippen molar-refractivity contribution in [3.05, 3.63) is 90.9 Å². The maximum absolute atomic E-state index is 13.3. The third-order valence-electron chi connectivity index (χ3n) is 5.22. The summed E-state index contributed by atoms with van der Waals surface area (Å²) >= 11 is 0. The highest BCUT2D eigenvalue weighted by Crippen LogP contribution is 2.32. The number of aromatic nitrogens is 4. The number of rotatable bonds is 5. The molecule has 3 heterocycles. The molecule has 2 N–H and O–H groups in total. The van der Waals surface area contributed by atoms with Gasteiger partial charge >= 0.3 is 0 Å². The van der Waals surface area contributed by atoms with Gasteiger partial charge in [0.2, 0.25) is 5.95 Å². The standard InChI is InChI=1S/C24H19N5O3S/c1-16-14-17(30)9-10-21(16)27-24-26-13-11-22(28-24)20-15-29(23-19(20)8-5-12-25-23)33(31,32)18-6-3-2-4-7-18/h2-15,30H,1H3,(H,26,27,28). The van der Waals surface area contributed by atoms with E-state index in [-0.39, 0.29) is 10.6 Å². The molecule has 0 unspecified atom stereocenters. The highest BCUT2D eigenvalue weighted by atomic mass is 32.2. The number of hydrogen-bond acceptors (Lipinski definition) is 7. The van der Waals surface area contributed by atoms with Crippen LogP contribution in [0.15, 0.2) is 90.2 Å². The van der Waals surface area contributed by atoms with Gasteiger partial charge in [-0.05, 0) is 61.0 Å². The number of fused-ring (bicyclic) bond motifs is 1. The highest BCUT2D eigenvalue weighted by Gasteiger charge is 2.23. The van der Waals surface area contributed by atoms with Crippen molar-refractivity contribution in [2.45, 2.75) is 11.8 Å². The van der Waals surface area contributed by atoms with Gasteiger partial charge in [0.15, 0.2) is 5.65 Å². The van der Waals surface area contributed by atoms with Gasteiger partial charge in [-0.2, -0.15) is 0 Å². The molecule has 164 valence electrons. The Morgan fingerprint density at radius 1 is 0.939 bits per heavy atom. The molecule has 0 amide bonds. The number of nitrogens with one attached hydrogen (secondary N) is 1. The van der Waals surface area contributed by atoms with Gasteiger partial charge in [0, 0.05) is 35.2 Å². The van der Waals surface area contributed by atoms with Crippen LogP contribution in [0.4, 0.5) is 11.6 Å². The van der Waals surface area contributed by atoms with E-state index in [4.69, 9.17) is 0 Å². The van der Waals surface area contributed by atoms with Crippen LogP contribution in [-0.4, -0.2) is 32.4 Å². The summed E-state index contributed by atoms with van der Waals surface area (Å²) in [5.74, 6) is 0.518. The fraction of sp³-hybridized carbons (Fsp3) is 0.0417. The summed E-state index contributed by atoms with van der Waals surface area (Å²) < 4.78 is 27.8. The average Bonchev–Trinajstić information content (AvgIpc) is 3.22. The van der Waals surface area contributed by atoms with Crippen molar-refractivity contribution in [3.8, 4) is 17.0 Å². The van der Waals surface area contributed by atoms with Crippen molar-refractivity contribution in [3.63, 3.8) is 0 Å². The molecule has 0 bridgehead atoms. The Morgan fingerprint density at radius 3 is 2.55 bits per heavy atom. The van der Waals surface area contributed by atoms with Gasteiger partial charge in [0.25, 0.3) is 10.0 Å². The molecule has 5 aromatic rings. The summed E-state index contributed by atoms with van der Waals surface area (Å²) in [7, 11) is -3.85. The highest BCUT2D eigenvalue weighted by molar-refractivity contribution is 7.90. The van der Waals surface area contributed by atoms with Gasteiger partial charge in [0.1, 0.15) is 5.75 Å². The Bertz CT molecular complexity index is 1580. The number of pyridine rings is 1. The minimum absolute atomic E-state index is 0.173. The molecular weight excluding hydrogens is 438 g/mol. The van der Waals surface area contributed by atoms with Crippen LogP contribution in [0.25, 0.3) is 22.3 Å². The number of phenols is 1. The predicted molar refractivity (Wildman–Crippen MR) is 126 cm³/mol. The van der Waals surface area contributed by atoms with Gasteiger partial charge in [-0.3, -0.25) is 0 Å². The van der Waals surface area contributed by atoms with Gasteiger partial charge in [-0.15, -0.1) is 0 Å². The molecule has 0 atom stereocenters. The Labute approximate surface area is 190 Å². The number of hydrogen-bond donors (Lipinski definition) is 2. The lowest BCUT2D eigenvalue weighted by Gasteiger charge is -2.09. The van der Waals surface area contributed by atoms with Crippen LogP contribution < -0.4 is 5.32 Å². The summed E-state index contributed by atoms with van der Waals surface area (Å²) in [4.78, 5) is 13.4. The lowest BCUT2D eigenvalue weighted by molar-refractivity contribution is 0.475. The van der Waals surface area contributed by atoms with E-state index in [9.17, 15) is 13.5 Å². The van der Waals surface area contributed by atoms with Crippen molar-refractivity contribution in [1.29, 1.82) is 0 Å². The topological polar surface area (TPSA) is 110 Å². The third-order valence-corrected chi connectivity index (χ3v) is 6.88. The largest absolute Gasteiger partial charge is 0.508 e. The van der Waals surface area contributed by atoms with Gasteiger partial charge < -0.3 is 10.4 Å². The second-order valence-electron chi connectivity index (χ2n) is 7.42. The Kier molecular flexibility index (Phi) is 5.02. The number of benzene rings is 2. The number of phenolic OH excluding ortho intramolecular Hbond substituents is 1. The molecular formula is C24H19N5O3S. The first-order valence-corrected chi connectivity index (χ1v) is 11.5. The predicted octanol–water partition coefficient (Wildman–Crippen LogP) is 4.49. The van der Waals surface area contributed by atoms with E-state index < -0.39 is 10.0 Å². The van der Waals surface area contributed by atoms with Crippen LogP contribution in [0.2, 0.25) is 0 Å². The van der Waals surface area contributed by atoms with E-state index in [1.807, 2.05) is 13.0 Å². The molecule has 33 heavy (non-hydrogen) atoms. The van der Waals surface area contributed by atoms with Crippen molar-refractivity contribution in [2.75, 3.05) is 5.32 Å². The first-order valence-electron chi connectivity index (χ1n) is 10.1. The monoisotopic (exact) mass is 457 g/mol. The van der Waals surface area contributed by atoms with E-state index in [0.717, 1.165) is 11.3 Å². The molecule has 2 aromatic carbocycles. The van der Waals surface area contributed by atoms with Crippen molar-refractivity contribution in [1.82, 2.24) is 18.9 Å². The zero-order valence-electron chi connectivity index (χ0n) is 17.5. The Hall–Kier alpha value is -4.24. The normalized spacial score (nSPS) is 11.5. The molecule has 0 saturated carbocycles. The molecule has 0 aliphatic carbocycles. The molecule has 0 fully saturated rings. The molecule has 5 rings (SSSR count). The zero-order valence-corrected chi connectivity index (χ0v) is 18.4. The zero-order chi connectivity index (χ0) is 23.0. The summed E-state index contributed by atoms with van der Waals surface area (Å²) in [5.41, 5.74) is 3.06. The molecule has 0 saturated heterocycles. The lowest BCUT2D eigenvalue weighted by atomic mass is 10.1. The van der Waals surface area contributed by atoms with Crippen LogP contribution in [0.1, 0.15) is 5.56 Å². The molecule has 0 aliphatic rings. The van der Waals surface area contributed by atoms with E-state index in [0.29, 0.717) is 28.2 Å². The maximum atomic E-state index is 13.3. The van der Waals surface area contributed by atoms with Crippen molar-refractivity contribution < 1.29 is 13.5 Å². The molecule has 9 heteroatoms. The quantitative estimate of drug-likeness (QED) is 0.374. The van der Waals surface area contributed by atoms with Crippen LogP contribution in [-0.2, 0) is 10.0 Å². The van der Waals surface area contributed by atoms with Crippen LogP contribution in [0.3, 0.4) is 0 Å². The number of nitrogens with zero attached hydrogens (tertiary/aromatic N) is 4. The molecule has 0 aliphatic heterocycles. The number of aromatic hydroxyl groups is 1. The van der Waals surface area contributed by atoms with Gasteiger partial charge in [-0.25, -0.2) is 27.3 Å². The third kappa shape index (κ3) is 3.79. The van der Waals surface area contributed by atoms with Crippen LogP contribution in [0, 0.1) is 6.92 Å². The number of aryl methyl sites for hydroxylation is 1. The maximum Gasteiger partial charge on any atom is 0.269 e. The Morgan fingerprint density at radius 2 is 1.76 bits per heavy atom. The fourth-order valence-electron chi connectivity index (χ4n) is 3.60. The SMILES string of the molecule is Cc1cc(O)ccc1Nc1nccc(-c2cn(S(=O)(=O)c3ccccc3)c3ncccc23)n1. The van der Waals surface area contributed by atoms with Crippen LogP contribution in [0.5, 0.6) is 5.75 Å². The minimum atomic E-state index is -3.85. The average molecular weight is 458 g/mol. The number of anilines is 2. The van der Waals surface area contributed by atoms with E-state index in [1.165, 1.54) is 10.2 Å². The molecule has 0 radical (unpaired) electrons. The fourth-order valence-corrected chi connectivity index (χ4v) is 4.95. The molecule has 0 spiro atoms. The van der Waals surface area contributed by atoms with E-state index >= 15 is 0 Å². The molecule has 8 nitrogen and oxygen atoms in total. The van der Waals surface area contributed by atoms with E-state index in [2.05, 4.69) is 20.3 Å². The van der Waals surface area contributed by atoms with E-state index in [1.54, 1.807) is 73.1 Å². The first kappa shape index (κ1) is 20.7. The van der Waals surface area contributed by atoms with Gasteiger partial charge in [-0.1, -0.05) is 18.2 Å². The second-order valence-corrected chi connectivity index (χ2v) is 9.24.